The molecule has 2 atom stereocenters. The first-order chi connectivity index (χ1) is 12.3. The van der Waals surface area contributed by atoms with Crippen LogP contribution in [-0.2, 0) is 14.8 Å². The van der Waals surface area contributed by atoms with Crippen LogP contribution in [0.4, 0.5) is 0 Å². The summed E-state index contributed by atoms with van der Waals surface area (Å²) in [5.74, 6) is -0.130. The standard InChI is InChI=1S/C18H26N2O5S/c1-13-11-20(12-14(2)25-13)26(23,24)17-5-3-15(4-6-17)18(22)19-9-7-16(21)8-10-19/h3-6,13-14,16,21H,7-12H2,1-2H3/t13-,14-/m0/s1. The Morgan fingerprint density at radius 1 is 1.08 bits per heavy atom. The number of carbonyl (C=O) groups is 1. The summed E-state index contributed by atoms with van der Waals surface area (Å²) < 4.78 is 32.7. The van der Waals surface area contributed by atoms with E-state index in [9.17, 15) is 18.3 Å². The molecule has 2 heterocycles. The van der Waals surface area contributed by atoms with Crippen LogP contribution in [0.1, 0.15) is 37.0 Å². The van der Waals surface area contributed by atoms with Gasteiger partial charge >= 0.3 is 0 Å². The molecule has 2 aliphatic rings. The number of carbonyl (C=O) groups excluding carboxylic acids is 1. The van der Waals surface area contributed by atoms with E-state index in [1.165, 1.54) is 16.4 Å². The van der Waals surface area contributed by atoms with Crippen molar-refractivity contribution in [2.24, 2.45) is 0 Å². The van der Waals surface area contributed by atoms with Crippen molar-refractivity contribution in [3.63, 3.8) is 0 Å². The van der Waals surface area contributed by atoms with Gasteiger partial charge in [0.2, 0.25) is 10.0 Å². The number of likely N-dealkylation sites (tertiary alicyclic amines) is 1. The number of hydrogen-bond acceptors (Lipinski definition) is 5. The first kappa shape index (κ1) is 19.3. The van der Waals surface area contributed by atoms with Crippen molar-refractivity contribution in [1.82, 2.24) is 9.21 Å². The minimum Gasteiger partial charge on any atom is -0.393 e. The van der Waals surface area contributed by atoms with Crippen LogP contribution in [0.3, 0.4) is 0 Å². The maximum absolute atomic E-state index is 12.8. The molecule has 0 aliphatic carbocycles. The largest absolute Gasteiger partial charge is 0.393 e. The van der Waals surface area contributed by atoms with Crippen molar-refractivity contribution < 1.29 is 23.1 Å². The van der Waals surface area contributed by atoms with Gasteiger partial charge in [-0.1, -0.05) is 0 Å². The lowest BCUT2D eigenvalue weighted by molar-refractivity contribution is -0.0440. The minimum absolute atomic E-state index is 0.130. The first-order valence-corrected chi connectivity index (χ1v) is 10.4. The summed E-state index contributed by atoms with van der Waals surface area (Å²) in [4.78, 5) is 14.4. The Bertz CT molecular complexity index is 731. The number of sulfonamides is 1. The molecule has 0 spiro atoms. The summed E-state index contributed by atoms with van der Waals surface area (Å²) in [7, 11) is -3.61. The van der Waals surface area contributed by atoms with Crippen LogP contribution < -0.4 is 0 Å². The number of aliphatic hydroxyl groups is 1. The Kier molecular flexibility index (Phi) is 5.67. The highest BCUT2D eigenvalue weighted by Gasteiger charge is 2.32. The number of amides is 1. The molecule has 26 heavy (non-hydrogen) atoms. The maximum Gasteiger partial charge on any atom is 0.253 e. The zero-order chi connectivity index (χ0) is 18.9. The van der Waals surface area contributed by atoms with E-state index < -0.39 is 10.0 Å². The van der Waals surface area contributed by atoms with Crippen LogP contribution in [0.15, 0.2) is 29.2 Å². The Morgan fingerprint density at radius 2 is 1.62 bits per heavy atom. The zero-order valence-corrected chi connectivity index (χ0v) is 16.0. The molecule has 0 bridgehead atoms. The van der Waals surface area contributed by atoms with Crippen molar-refractivity contribution in [2.75, 3.05) is 26.2 Å². The van der Waals surface area contributed by atoms with Crippen LogP contribution in [0.5, 0.6) is 0 Å². The molecule has 3 rings (SSSR count). The number of morpholine rings is 1. The number of nitrogens with zero attached hydrogens (tertiary/aromatic N) is 2. The fourth-order valence-corrected chi connectivity index (χ4v) is 5.09. The number of hydrogen-bond donors (Lipinski definition) is 1. The van der Waals surface area contributed by atoms with E-state index in [1.54, 1.807) is 17.0 Å². The SMILES string of the molecule is C[C@H]1CN(S(=O)(=O)c2ccc(C(=O)N3CCC(O)CC3)cc2)C[C@H](C)O1. The minimum atomic E-state index is -3.61. The number of piperidine rings is 1. The molecule has 1 amide bonds. The molecule has 0 radical (unpaired) electrons. The molecule has 1 N–H and O–H groups in total. The average molecular weight is 382 g/mol. The van der Waals surface area contributed by atoms with Gasteiger partial charge in [0.05, 0.1) is 23.2 Å². The zero-order valence-electron chi connectivity index (χ0n) is 15.2. The van der Waals surface area contributed by atoms with E-state index in [4.69, 9.17) is 4.74 Å². The summed E-state index contributed by atoms with van der Waals surface area (Å²) >= 11 is 0. The molecule has 1 aromatic rings. The molecule has 2 fully saturated rings. The van der Waals surface area contributed by atoms with Crippen molar-refractivity contribution in [2.45, 2.75) is 49.9 Å². The first-order valence-electron chi connectivity index (χ1n) is 9.00. The normalized spacial score (nSPS) is 26.0. The summed E-state index contributed by atoms with van der Waals surface area (Å²) in [6.45, 7) is 5.39. The third kappa shape index (κ3) is 4.09. The summed E-state index contributed by atoms with van der Waals surface area (Å²) in [6, 6.07) is 6.11. The predicted molar refractivity (Wildman–Crippen MR) is 96.4 cm³/mol. The van der Waals surface area contributed by atoms with E-state index >= 15 is 0 Å². The van der Waals surface area contributed by atoms with Crippen molar-refractivity contribution in [3.8, 4) is 0 Å². The van der Waals surface area contributed by atoms with Crippen LogP contribution >= 0.6 is 0 Å². The predicted octanol–water partition coefficient (Wildman–Crippen LogP) is 1.08. The lowest BCUT2D eigenvalue weighted by Crippen LogP contribution is -2.48. The Balaban J connectivity index is 1.73. The smallest absolute Gasteiger partial charge is 0.253 e. The van der Waals surface area contributed by atoms with Crippen molar-refractivity contribution in [1.29, 1.82) is 0 Å². The molecule has 2 saturated heterocycles. The fourth-order valence-electron chi connectivity index (χ4n) is 3.50. The van der Waals surface area contributed by atoms with Crippen molar-refractivity contribution >= 4 is 15.9 Å². The van der Waals surface area contributed by atoms with E-state index in [2.05, 4.69) is 0 Å². The third-order valence-corrected chi connectivity index (χ3v) is 6.72. The molecular weight excluding hydrogens is 356 g/mol. The van der Waals surface area contributed by atoms with Gasteiger partial charge in [0, 0.05) is 31.7 Å². The second-order valence-electron chi connectivity index (χ2n) is 7.13. The molecule has 8 heteroatoms. The van der Waals surface area contributed by atoms with E-state index in [-0.39, 0.29) is 29.1 Å². The van der Waals surface area contributed by atoms with Gasteiger partial charge in [0.1, 0.15) is 0 Å². The quantitative estimate of drug-likeness (QED) is 0.845. The van der Waals surface area contributed by atoms with Gasteiger partial charge in [0.25, 0.3) is 5.91 Å². The summed E-state index contributed by atoms with van der Waals surface area (Å²) in [5.41, 5.74) is 0.462. The van der Waals surface area contributed by atoms with Gasteiger partial charge in [0.15, 0.2) is 0 Å². The molecule has 0 aromatic heterocycles. The molecule has 7 nitrogen and oxygen atoms in total. The Labute approximate surface area is 154 Å². The highest BCUT2D eigenvalue weighted by Crippen LogP contribution is 2.22. The lowest BCUT2D eigenvalue weighted by Gasteiger charge is -2.34. The molecule has 144 valence electrons. The lowest BCUT2D eigenvalue weighted by atomic mass is 10.1. The molecule has 0 unspecified atom stereocenters. The van der Waals surface area contributed by atoms with Gasteiger partial charge < -0.3 is 14.7 Å². The van der Waals surface area contributed by atoms with Gasteiger partial charge in [-0.2, -0.15) is 4.31 Å². The molecule has 1 aromatic carbocycles. The second-order valence-corrected chi connectivity index (χ2v) is 9.07. The van der Waals surface area contributed by atoms with Crippen LogP contribution in [0.25, 0.3) is 0 Å². The summed E-state index contributed by atoms with van der Waals surface area (Å²) in [5, 5.41) is 9.55. The van der Waals surface area contributed by atoms with E-state index in [0.29, 0.717) is 44.6 Å². The van der Waals surface area contributed by atoms with Gasteiger partial charge in [-0.05, 0) is 51.0 Å². The summed E-state index contributed by atoms with van der Waals surface area (Å²) in [6.07, 6.45) is 0.509. The highest BCUT2D eigenvalue weighted by atomic mass is 32.2. The molecule has 0 saturated carbocycles. The maximum atomic E-state index is 12.8. The topological polar surface area (TPSA) is 87.2 Å². The van der Waals surface area contributed by atoms with Crippen LogP contribution in [-0.4, -0.2) is 73.1 Å². The highest BCUT2D eigenvalue weighted by molar-refractivity contribution is 7.89. The Morgan fingerprint density at radius 3 is 2.15 bits per heavy atom. The number of rotatable bonds is 3. The second kappa shape index (κ2) is 7.64. The number of aliphatic hydroxyl groups excluding tert-OH is 1. The van der Waals surface area contributed by atoms with Crippen LogP contribution in [0.2, 0.25) is 0 Å². The van der Waals surface area contributed by atoms with Crippen LogP contribution in [0, 0.1) is 0 Å². The van der Waals surface area contributed by atoms with Gasteiger partial charge in [-0.3, -0.25) is 4.79 Å². The monoisotopic (exact) mass is 382 g/mol. The van der Waals surface area contributed by atoms with E-state index in [0.717, 1.165) is 0 Å². The van der Waals surface area contributed by atoms with Gasteiger partial charge in [-0.25, -0.2) is 8.42 Å². The van der Waals surface area contributed by atoms with Gasteiger partial charge in [-0.15, -0.1) is 0 Å². The van der Waals surface area contributed by atoms with E-state index in [1.807, 2.05) is 13.8 Å². The number of ether oxygens (including phenoxy) is 1. The average Bonchev–Trinajstić information content (AvgIpc) is 2.61. The fraction of sp³-hybridized carbons (Fsp3) is 0.611. The number of benzene rings is 1. The van der Waals surface area contributed by atoms with Crippen molar-refractivity contribution in [3.05, 3.63) is 29.8 Å². The third-order valence-electron chi connectivity index (χ3n) is 4.88. The molecule has 2 aliphatic heterocycles. The Hall–Kier alpha value is -1.48. The molecular formula is C18H26N2O5S.